The molecule has 0 spiro atoms. The van der Waals surface area contributed by atoms with Gasteiger partial charge in [0.15, 0.2) is 5.16 Å². The van der Waals surface area contributed by atoms with Crippen molar-refractivity contribution >= 4 is 23.5 Å². The Balaban J connectivity index is 2.17. The van der Waals surface area contributed by atoms with Gasteiger partial charge in [0.2, 0.25) is 5.91 Å². The first kappa shape index (κ1) is 16.4. The molecule has 8 heteroatoms. The summed E-state index contributed by atoms with van der Waals surface area (Å²) in [6, 6.07) is 5.33. The van der Waals surface area contributed by atoms with Crippen molar-refractivity contribution in [3.05, 3.63) is 39.7 Å². The summed E-state index contributed by atoms with van der Waals surface area (Å²) < 4.78 is 10.6. The minimum atomic E-state index is -0.429. The average molecular weight is 347 g/mol. The van der Waals surface area contributed by atoms with Crippen LogP contribution in [-0.2, 0) is 4.79 Å². The molecular weight excluding hydrogens is 330 g/mol. The Morgan fingerprint density at radius 3 is 2.71 bits per heavy atom. The van der Waals surface area contributed by atoms with Crippen molar-refractivity contribution in [2.24, 2.45) is 0 Å². The number of carbonyl (C=O) groups excluding carboxylic acids is 1. The fraction of sp³-hybridized carbons (Fsp3) is 0.312. The number of hydrogen-bond acceptors (Lipinski definition) is 6. The number of H-pyrrole nitrogens is 1. The Morgan fingerprint density at radius 2 is 2.04 bits per heavy atom. The maximum absolute atomic E-state index is 12.5. The molecule has 1 aliphatic heterocycles. The highest BCUT2D eigenvalue weighted by Gasteiger charge is 2.32. The van der Waals surface area contributed by atoms with Gasteiger partial charge in [-0.1, -0.05) is 17.8 Å². The summed E-state index contributed by atoms with van der Waals surface area (Å²) in [5, 5.41) is 3.15. The third kappa shape index (κ3) is 2.84. The lowest BCUT2D eigenvalue weighted by Crippen LogP contribution is -2.31. The lowest BCUT2D eigenvalue weighted by molar-refractivity contribution is -0.116. The van der Waals surface area contributed by atoms with Crippen LogP contribution in [0.15, 0.2) is 28.2 Å². The molecule has 0 bridgehead atoms. The van der Waals surface area contributed by atoms with Crippen LogP contribution in [-0.4, -0.2) is 36.4 Å². The molecule has 1 aliphatic rings. The largest absolute Gasteiger partial charge is 0.497 e. The Bertz CT molecular complexity index is 850. The molecule has 1 aromatic carbocycles. The first-order valence-electron chi connectivity index (χ1n) is 7.27. The molecule has 2 heterocycles. The van der Waals surface area contributed by atoms with Gasteiger partial charge >= 0.3 is 0 Å². The molecule has 0 saturated carbocycles. The van der Waals surface area contributed by atoms with Crippen molar-refractivity contribution in [3.63, 3.8) is 0 Å². The predicted octanol–water partition coefficient (Wildman–Crippen LogP) is 1.98. The van der Waals surface area contributed by atoms with Crippen LogP contribution >= 0.6 is 11.8 Å². The van der Waals surface area contributed by atoms with E-state index < -0.39 is 5.92 Å². The predicted molar refractivity (Wildman–Crippen MR) is 91.3 cm³/mol. The van der Waals surface area contributed by atoms with Gasteiger partial charge in [0.1, 0.15) is 17.3 Å². The second kappa shape index (κ2) is 6.56. The number of anilines is 1. The summed E-state index contributed by atoms with van der Waals surface area (Å²) in [6.45, 7) is 0. The maximum Gasteiger partial charge on any atom is 0.257 e. The monoisotopic (exact) mass is 347 g/mol. The van der Waals surface area contributed by atoms with Gasteiger partial charge in [0, 0.05) is 24.0 Å². The topological polar surface area (TPSA) is 93.3 Å². The average Bonchev–Trinajstić information content (AvgIpc) is 2.59. The first-order chi connectivity index (χ1) is 11.6. The van der Waals surface area contributed by atoms with Crippen molar-refractivity contribution in [1.82, 2.24) is 9.97 Å². The van der Waals surface area contributed by atoms with Gasteiger partial charge in [0.05, 0.1) is 19.8 Å². The number of rotatable bonds is 4. The van der Waals surface area contributed by atoms with Gasteiger partial charge in [-0.05, 0) is 12.3 Å². The number of amides is 1. The number of hydrogen-bond donors (Lipinski definition) is 2. The van der Waals surface area contributed by atoms with Crippen molar-refractivity contribution < 1.29 is 14.3 Å². The summed E-state index contributed by atoms with van der Waals surface area (Å²) in [7, 11) is 3.11. The van der Waals surface area contributed by atoms with Crippen LogP contribution in [0.1, 0.15) is 23.5 Å². The molecule has 0 saturated heterocycles. The standard InChI is InChI=1S/C16H17N3O4S/c1-22-8-4-5-9(11(6-8)23-2)10-7-12(20)17-14-13(10)15(21)19-16(18-14)24-3/h4-6,10H,7H2,1-3H3,(H2,17,18,19,20,21). The number of thioether (sulfide) groups is 1. The van der Waals surface area contributed by atoms with Crippen molar-refractivity contribution in [3.8, 4) is 11.5 Å². The highest BCUT2D eigenvalue weighted by molar-refractivity contribution is 7.98. The van der Waals surface area contributed by atoms with Crippen LogP contribution < -0.4 is 20.3 Å². The highest BCUT2D eigenvalue weighted by Crippen LogP contribution is 2.39. The Labute approximate surface area is 142 Å². The number of ether oxygens (including phenoxy) is 2. The highest BCUT2D eigenvalue weighted by atomic mass is 32.2. The number of methoxy groups -OCH3 is 2. The minimum Gasteiger partial charge on any atom is -0.497 e. The maximum atomic E-state index is 12.5. The molecule has 1 amide bonds. The zero-order valence-electron chi connectivity index (χ0n) is 13.5. The Hall–Kier alpha value is -2.48. The summed E-state index contributed by atoms with van der Waals surface area (Å²) in [4.78, 5) is 31.7. The van der Waals surface area contributed by atoms with Crippen LogP contribution in [0, 0.1) is 0 Å². The zero-order valence-corrected chi connectivity index (χ0v) is 14.3. The van der Waals surface area contributed by atoms with Crippen LogP contribution in [0.3, 0.4) is 0 Å². The zero-order chi connectivity index (χ0) is 17.3. The van der Waals surface area contributed by atoms with Crippen LogP contribution in [0.2, 0.25) is 0 Å². The molecular formula is C16H17N3O4S. The first-order valence-corrected chi connectivity index (χ1v) is 8.49. The number of nitrogens with zero attached hydrogens (tertiary/aromatic N) is 1. The molecule has 2 aromatic rings. The van der Waals surface area contributed by atoms with Crippen molar-refractivity contribution in [2.45, 2.75) is 17.5 Å². The SMILES string of the molecule is COc1ccc(C2CC(=O)Nc3nc(SC)[nH]c(=O)c32)c(OC)c1. The summed E-state index contributed by atoms with van der Waals surface area (Å²) in [5.74, 6) is 0.897. The summed E-state index contributed by atoms with van der Waals surface area (Å²) in [5.41, 5.74) is 0.932. The van der Waals surface area contributed by atoms with Crippen molar-refractivity contribution in [2.75, 3.05) is 25.8 Å². The van der Waals surface area contributed by atoms with E-state index in [1.54, 1.807) is 32.6 Å². The number of fused-ring (bicyclic) bond motifs is 1. The van der Waals surface area contributed by atoms with E-state index in [0.717, 1.165) is 5.56 Å². The van der Waals surface area contributed by atoms with Gasteiger partial charge in [-0.15, -0.1) is 0 Å². The second-order valence-corrected chi connectivity index (χ2v) is 6.05. The van der Waals surface area contributed by atoms with E-state index in [9.17, 15) is 9.59 Å². The third-order valence-corrected chi connectivity index (χ3v) is 4.52. The lowest BCUT2D eigenvalue weighted by Gasteiger charge is -2.25. The molecule has 1 atom stereocenters. The van der Waals surface area contributed by atoms with E-state index >= 15 is 0 Å². The fourth-order valence-corrected chi connectivity index (χ4v) is 3.20. The molecule has 2 N–H and O–H groups in total. The molecule has 0 radical (unpaired) electrons. The minimum absolute atomic E-state index is 0.152. The second-order valence-electron chi connectivity index (χ2n) is 5.25. The van der Waals surface area contributed by atoms with Gasteiger partial charge in [-0.2, -0.15) is 0 Å². The molecule has 0 fully saturated rings. The molecule has 1 aromatic heterocycles. The van der Waals surface area contributed by atoms with E-state index in [0.29, 0.717) is 28.0 Å². The van der Waals surface area contributed by atoms with Crippen LogP contribution in [0.4, 0.5) is 5.82 Å². The number of aromatic nitrogens is 2. The van der Waals surface area contributed by atoms with Gasteiger partial charge in [-0.25, -0.2) is 4.98 Å². The van der Waals surface area contributed by atoms with E-state index in [2.05, 4.69) is 15.3 Å². The smallest absolute Gasteiger partial charge is 0.257 e. The summed E-state index contributed by atoms with van der Waals surface area (Å²) in [6.07, 6.45) is 1.96. The normalized spacial score (nSPS) is 16.3. The van der Waals surface area contributed by atoms with Crippen LogP contribution in [0.25, 0.3) is 0 Å². The molecule has 7 nitrogen and oxygen atoms in total. The summed E-state index contributed by atoms with van der Waals surface area (Å²) >= 11 is 1.31. The van der Waals surface area contributed by atoms with Crippen LogP contribution in [0.5, 0.6) is 11.5 Å². The fourth-order valence-electron chi connectivity index (χ4n) is 2.82. The molecule has 126 valence electrons. The van der Waals surface area contributed by atoms with E-state index in [4.69, 9.17) is 9.47 Å². The molecule has 0 aliphatic carbocycles. The number of aromatic amines is 1. The number of carbonyl (C=O) groups is 1. The molecule has 24 heavy (non-hydrogen) atoms. The van der Waals surface area contributed by atoms with Crippen molar-refractivity contribution in [1.29, 1.82) is 0 Å². The van der Waals surface area contributed by atoms with E-state index in [1.807, 2.05) is 6.07 Å². The van der Waals surface area contributed by atoms with E-state index in [-0.39, 0.29) is 17.9 Å². The molecule has 3 rings (SSSR count). The molecule has 1 unspecified atom stereocenters. The number of nitrogens with one attached hydrogen (secondary N) is 2. The van der Waals surface area contributed by atoms with Gasteiger partial charge < -0.3 is 19.8 Å². The van der Waals surface area contributed by atoms with E-state index in [1.165, 1.54) is 11.8 Å². The van der Waals surface area contributed by atoms with Gasteiger partial charge in [-0.3, -0.25) is 9.59 Å². The Kier molecular flexibility index (Phi) is 4.48. The number of benzene rings is 1. The Morgan fingerprint density at radius 1 is 1.25 bits per heavy atom. The quantitative estimate of drug-likeness (QED) is 0.649. The van der Waals surface area contributed by atoms with Gasteiger partial charge in [0.25, 0.3) is 5.56 Å². The third-order valence-electron chi connectivity index (χ3n) is 3.94. The lowest BCUT2D eigenvalue weighted by atomic mass is 9.86.